The highest BCUT2D eigenvalue weighted by Crippen LogP contribution is 2.34. The maximum Gasteiger partial charge on any atom is 0.0377 e. The van der Waals surface area contributed by atoms with E-state index in [9.17, 15) is 0 Å². The molecule has 0 spiro atoms. The Labute approximate surface area is 104 Å². The van der Waals surface area contributed by atoms with Gasteiger partial charge in [0.1, 0.15) is 0 Å². The Morgan fingerprint density at radius 3 is 3.00 bits per heavy atom. The molecule has 1 saturated carbocycles. The Balaban J connectivity index is 1.76. The van der Waals surface area contributed by atoms with Crippen molar-refractivity contribution < 1.29 is 0 Å². The van der Waals surface area contributed by atoms with Crippen LogP contribution in [0.15, 0.2) is 18.5 Å². The number of anilines is 1. The summed E-state index contributed by atoms with van der Waals surface area (Å²) >= 11 is 0. The van der Waals surface area contributed by atoms with Crippen molar-refractivity contribution in [3.05, 3.63) is 24.0 Å². The highest BCUT2D eigenvalue weighted by atomic mass is 14.9. The molecule has 1 aliphatic carbocycles. The summed E-state index contributed by atoms with van der Waals surface area (Å²) in [6.07, 6.45) is 9.98. The largest absolute Gasteiger partial charge is 0.398 e. The molecule has 1 aromatic heterocycles. The third kappa shape index (κ3) is 3.70. The first-order valence-electron chi connectivity index (χ1n) is 6.73. The lowest BCUT2D eigenvalue weighted by molar-refractivity contribution is 0.434. The molecule has 3 nitrogen and oxygen atoms in total. The van der Waals surface area contributed by atoms with Crippen molar-refractivity contribution in [1.29, 1.82) is 0 Å². The minimum absolute atomic E-state index is 0.720. The van der Waals surface area contributed by atoms with Gasteiger partial charge < -0.3 is 11.1 Å². The van der Waals surface area contributed by atoms with E-state index in [4.69, 9.17) is 5.73 Å². The molecule has 0 radical (unpaired) electrons. The first-order chi connectivity index (χ1) is 8.31. The van der Waals surface area contributed by atoms with E-state index in [0.29, 0.717) is 0 Å². The molecular formula is C14H23N3. The van der Waals surface area contributed by atoms with E-state index in [1.807, 2.05) is 12.3 Å². The van der Waals surface area contributed by atoms with Crippen LogP contribution >= 0.6 is 0 Å². The fourth-order valence-electron chi connectivity index (χ4n) is 2.42. The molecule has 1 heterocycles. The number of nitrogens with one attached hydrogen (secondary N) is 1. The normalized spacial score (nSPS) is 17.0. The SMILES string of the molecule is CCNC(CCCc1cnccc1N)C1CC1. The lowest BCUT2D eigenvalue weighted by Crippen LogP contribution is -2.30. The standard InChI is InChI=1S/C14H23N3/c1-2-17-14(11-6-7-11)5-3-4-12-10-16-9-8-13(12)15/h8-11,14,17H,2-7H2,1H3,(H2,15,16). The zero-order chi connectivity index (χ0) is 12.1. The predicted molar refractivity (Wildman–Crippen MR) is 71.8 cm³/mol. The second-order valence-electron chi connectivity index (χ2n) is 4.97. The van der Waals surface area contributed by atoms with E-state index in [2.05, 4.69) is 17.2 Å². The van der Waals surface area contributed by atoms with Crippen LogP contribution in [0.4, 0.5) is 5.69 Å². The van der Waals surface area contributed by atoms with Crippen LogP contribution in [0.3, 0.4) is 0 Å². The topological polar surface area (TPSA) is 50.9 Å². The maximum atomic E-state index is 5.91. The molecule has 2 rings (SSSR count). The van der Waals surface area contributed by atoms with Gasteiger partial charge >= 0.3 is 0 Å². The lowest BCUT2D eigenvalue weighted by atomic mass is 10.0. The predicted octanol–water partition coefficient (Wildman–Crippen LogP) is 2.37. The molecule has 0 saturated heterocycles. The molecule has 1 unspecified atom stereocenters. The van der Waals surface area contributed by atoms with Crippen LogP contribution in [0.1, 0.15) is 38.2 Å². The Hall–Kier alpha value is -1.09. The number of nitrogens with two attached hydrogens (primary N) is 1. The summed E-state index contributed by atoms with van der Waals surface area (Å²) < 4.78 is 0. The third-order valence-corrected chi connectivity index (χ3v) is 3.56. The number of hydrogen-bond acceptors (Lipinski definition) is 3. The molecule has 1 atom stereocenters. The van der Waals surface area contributed by atoms with Gasteiger partial charge in [-0.25, -0.2) is 0 Å². The Morgan fingerprint density at radius 1 is 1.53 bits per heavy atom. The van der Waals surface area contributed by atoms with Crippen molar-refractivity contribution >= 4 is 5.69 Å². The monoisotopic (exact) mass is 233 g/mol. The molecule has 0 amide bonds. The Morgan fingerprint density at radius 2 is 2.35 bits per heavy atom. The molecule has 1 aliphatic rings. The first-order valence-corrected chi connectivity index (χ1v) is 6.73. The van der Waals surface area contributed by atoms with Gasteiger partial charge in [0.25, 0.3) is 0 Å². The molecule has 3 N–H and O–H groups in total. The number of aryl methyl sites for hydroxylation is 1. The fourth-order valence-corrected chi connectivity index (χ4v) is 2.42. The summed E-state index contributed by atoms with van der Waals surface area (Å²) in [7, 11) is 0. The van der Waals surface area contributed by atoms with Crippen molar-refractivity contribution in [2.75, 3.05) is 12.3 Å². The molecule has 17 heavy (non-hydrogen) atoms. The number of nitrogens with zero attached hydrogens (tertiary/aromatic N) is 1. The van der Waals surface area contributed by atoms with Crippen molar-refractivity contribution in [3.63, 3.8) is 0 Å². The summed E-state index contributed by atoms with van der Waals surface area (Å²) in [4.78, 5) is 4.13. The summed E-state index contributed by atoms with van der Waals surface area (Å²) in [6, 6.07) is 2.61. The van der Waals surface area contributed by atoms with Gasteiger partial charge in [-0.15, -0.1) is 0 Å². The molecule has 1 fully saturated rings. The molecule has 0 bridgehead atoms. The molecule has 0 aromatic carbocycles. The summed E-state index contributed by atoms with van der Waals surface area (Å²) in [5.74, 6) is 0.932. The van der Waals surface area contributed by atoms with E-state index < -0.39 is 0 Å². The van der Waals surface area contributed by atoms with Gasteiger partial charge in [0.15, 0.2) is 0 Å². The van der Waals surface area contributed by atoms with Crippen molar-refractivity contribution in [3.8, 4) is 0 Å². The first kappa shape index (κ1) is 12.4. The fraction of sp³-hybridized carbons (Fsp3) is 0.643. The summed E-state index contributed by atoms with van der Waals surface area (Å²) in [6.45, 7) is 3.27. The summed E-state index contributed by atoms with van der Waals surface area (Å²) in [5.41, 5.74) is 7.99. The van der Waals surface area contributed by atoms with Crippen molar-refractivity contribution in [2.45, 2.75) is 45.1 Å². The van der Waals surface area contributed by atoms with Gasteiger partial charge in [-0.05, 0) is 56.2 Å². The van der Waals surface area contributed by atoms with E-state index >= 15 is 0 Å². The van der Waals surface area contributed by atoms with E-state index in [1.165, 1.54) is 31.2 Å². The number of nitrogen functional groups attached to an aromatic ring is 1. The maximum absolute atomic E-state index is 5.91. The van der Waals surface area contributed by atoms with Crippen LogP contribution in [-0.4, -0.2) is 17.6 Å². The summed E-state index contributed by atoms with van der Waals surface area (Å²) in [5, 5.41) is 3.60. The minimum Gasteiger partial charge on any atom is -0.398 e. The van der Waals surface area contributed by atoms with E-state index in [-0.39, 0.29) is 0 Å². The van der Waals surface area contributed by atoms with E-state index in [1.54, 1.807) is 6.20 Å². The van der Waals surface area contributed by atoms with Gasteiger partial charge in [0, 0.05) is 24.1 Å². The lowest BCUT2D eigenvalue weighted by Gasteiger charge is -2.17. The van der Waals surface area contributed by atoms with Gasteiger partial charge in [-0.2, -0.15) is 0 Å². The zero-order valence-electron chi connectivity index (χ0n) is 10.7. The van der Waals surface area contributed by atoms with Crippen LogP contribution in [0, 0.1) is 5.92 Å². The Kier molecular flexibility index (Phi) is 4.37. The minimum atomic E-state index is 0.720. The second-order valence-corrected chi connectivity index (χ2v) is 4.97. The third-order valence-electron chi connectivity index (χ3n) is 3.56. The van der Waals surface area contributed by atoms with Crippen molar-refractivity contribution in [2.24, 2.45) is 5.92 Å². The van der Waals surface area contributed by atoms with Gasteiger partial charge in [-0.3, -0.25) is 4.98 Å². The van der Waals surface area contributed by atoms with Crippen LogP contribution < -0.4 is 11.1 Å². The molecule has 0 aliphatic heterocycles. The number of rotatable bonds is 7. The van der Waals surface area contributed by atoms with Gasteiger partial charge in [-0.1, -0.05) is 6.92 Å². The van der Waals surface area contributed by atoms with E-state index in [0.717, 1.165) is 30.6 Å². The number of aromatic nitrogens is 1. The van der Waals surface area contributed by atoms with Gasteiger partial charge in [0.2, 0.25) is 0 Å². The smallest absolute Gasteiger partial charge is 0.0377 e. The number of pyridine rings is 1. The molecular weight excluding hydrogens is 210 g/mol. The average molecular weight is 233 g/mol. The highest BCUT2D eigenvalue weighted by molar-refractivity contribution is 5.44. The molecule has 94 valence electrons. The van der Waals surface area contributed by atoms with Crippen LogP contribution in [0.2, 0.25) is 0 Å². The Bertz CT molecular complexity index is 347. The van der Waals surface area contributed by atoms with Crippen LogP contribution in [0.25, 0.3) is 0 Å². The molecule has 1 aromatic rings. The zero-order valence-corrected chi connectivity index (χ0v) is 10.7. The van der Waals surface area contributed by atoms with Gasteiger partial charge in [0.05, 0.1) is 0 Å². The van der Waals surface area contributed by atoms with Crippen molar-refractivity contribution in [1.82, 2.24) is 10.3 Å². The molecule has 3 heteroatoms. The average Bonchev–Trinajstić information content (AvgIpc) is 3.14. The van der Waals surface area contributed by atoms with Crippen LogP contribution in [0.5, 0.6) is 0 Å². The van der Waals surface area contributed by atoms with Crippen LogP contribution in [-0.2, 0) is 6.42 Å². The number of hydrogen-bond donors (Lipinski definition) is 2. The quantitative estimate of drug-likeness (QED) is 0.760. The highest BCUT2D eigenvalue weighted by Gasteiger charge is 2.29. The second kappa shape index (κ2) is 6.01.